The molecule has 55 heavy (non-hydrogen) atoms. The summed E-state index contributed by atoms with van der Waals surface area (Å²) in [6.45, 7) is 0. The minimum Gasteiger partial charge on any atom is -0.0772 e. The van der Waals surface area contributed by atoms with Gasteiger partial charge >= 0.3 is 0 Å². The van der Waals surface area contributed by atoms with Crippen molar-refractivity contribution in [2.45, 2.75) is 0 Å². The third-order valence-electron chi connectivity index (χ3n) is 11.3. The lowest BCUT2D eigenvalue weighted by molar-refractivity contribution is 1.61. The van der Waals surface area contributed by atoms with Gasteiger partial charge in [0.1, 0.15) is 0 Å². The summed E-state index contributed by atoms with van der Waals surface area (Å²) in [6.07, 6.45) is 0. The van der Waals surface area contributed by atoms with E-state index in [9.17, 15) is 0 Å². The molecule has 1 atom stereocenters. The highest BCUT2D eigenvalue weighted by Gasteiger charge is 2.17. The molecule has 10 aromatic carbocycles. The molecule has 0 N–H and O–H groups in total. The van der Waals surface area contributed by atoms with E-state index in [2.05, 4.69) is 212 Å². The Hall–Kier alpha value is -6.72. The van der Waals surface area contributed by atoms with Gasteiger partial charge in [-0.1, -0.05) is 177 Å². The maximum Gasteiger partial charge on any atom is 0.00687 e. The standard InChI is InChI=1S/C54H35P/c1-4-14-36(15-5-1)48-31-38-18-10-11-19-39(38)32-50(48)42-25-28-46-45-27-24-40(30-43(45)35-49(51(46)34-42)37-16-6-2-7-17-37)41-26-29-54-52(33-41)47-22-12-13-23-53(47)55(54)44-20-8-3-9-21-44/h1-35H. The fourth-order valence-corrected chi connectivity index (χ4v) is 11.3. The van der Waals surface area contributed by atoms with Crippen molar-refractivity contribution in [2.24, 2.45) is 0 Å². The topological polar surface area (TPSA) is 0 Å². The summed E-state index contributed by atoms with van der Waals surface area (Å²) in [7, 11) is -0.576. The largest absolute Gasteiger partial charge is 0.0772 e. The molecule has 0 aliphatic heterocycles. The smallest absolute Gasteiger partial charge is 0.00687 e. The van der Waals surface area contributed by atoms with Crippen molar-refractivity contribution in [3.63, 3.8) is 0 Å². The summed E-state index contributed by atoms with van der Waals surface area (Å²) in [5, 5.41) is 14.6. The maximum absolute atomic E-state index is 2.43. The highest BCUT2D eigenvalue weighted by atomic mass is 31.1. The van der Waals surface area contributed by atoms with Crippen molar-refractivity contribution in [1.82, 2.24) is 0 Å². The molecule has 0 aliphatic rings. The van der Waals surface area contributed by atoms with Gasteiger partial charge in [-0.05, 0) is 135 Å². The Morgan fingerprint density at radius 3 is 1.49 bits per heavy atom. The van der Waals surface area contributed by atoms with Crippen LogP contribution < -0.4 is 0 Å². The number of hydrogen-bond donors (Lipinski definition) is 0. The molecule has 0 aliphatic carbocycles. The lowest BCUT2D eigenvalue weighted by Gasteiger charge is -2.16. The van der Waals surface area contributed by atoms with Crippen LogP contribution in [0.15, 0.2) is 212 Å². The summed E-state index contributed by atoms with van der Waals surface area (Å²) in [5.74, 6) is 0. The molecule has 0 saturated heterocycles. The van der Waals surface area contributed by atoms with E-state index in [-0.39, 0.29) is 0 Å². The van der Waals surface area contributed by atoms with Crippen molar-refractivity contribution in [3.8, 4) is 49.8 Å². The van der Waals surface area contributed by atoms with Crippen LogP contribution in [0.2, 0.25) is 0 Å². The van der Waals surface area contributed by atoms with Crippen LogP contribution >= 0.6 is 7.53 Å². The van der Waals surface area contributed by atoms with E-state index < -0.39 is 7.53 Å². The van der Waals surface area contributed by atoms with Crippen molar-refractivity contribution in [3.05, 3.63) is 212 Å². The van der Waals surface area contributed by atoms with Crippen LogP contribution in [0.3, 0.4) is 0 Å². The molecule has 0 amide bonds. The maximum atomic E-state index is 2.43. The zero-order valence-electron chi connectivity index (χ0n) is 30.2. The monoisotopic (exact) mass is 714 g/mol. The SMILES string of the molecule is c1ccc(-c2cc3ccccc3cc2-c2ccc3c(c2)c(-c2ccccc2)cc2cc(-c4ccc5c(c4)c4ccccc4p5-c4ccccc4)ccc23)cc1. The van der Waals surface area contributed by atoms with Gasteiger partial charge < -0.3 is 0 Å². The van der Waals surface area contributed by atoms with Crippen LogP contribution in [0.1, 0.15) is 0 Å². The number of hydrogen-bond acceptors (Lipinski definition) is 0. The normalized spacial score (nSPS) is 12.0. The first kappa shape index (κ1) is 31.8. The second-order valence-electron chi connectivity index (χ2n) is 14.5. The van der Waals surface area contributed by atoms with Gasteiger partial charge in [-0.3, -0.25) is 0 Å². The first-order valence-corrected chi connectivity index (χ1v) is 20.3. The molecule has 1 aromatic heterocycles. The second kappa shape index (κ2) is 13.0. The van der Waals surface area contributed by atoms with Crippen LogP contribution in [0, 0.1) is 0 Å². The molecule has 0 saturated carbocycles. The van der Waals surface area contributed by atoms with Crippen molar-refractivity contribution >= 4 is 60.9 Å². The van der Waals surface area contributed by atoms with Gasteiger partial charge in [0.25, 0.3) is 0 Å². The second-order valence-corrected chi connectivity index (χ2v) is 16.7. The molecule has 0 bridgehead atoms. The Morgan fingerprint density at radius 2 is 0.745 bits per heavy atom. The van der Waals surface area contributed by atoms with E-state index in [0.29, 0.717) is 0 Å². The zero-order valence-corrected chi connectivity index (χ0v) is 31.0. The van der Waals surface area contributed by atoms with Gasteiger partial charge in [0, 0.05) is 10.2 Å². The minimum atomic E-state index is -0.576. The number of benzene rings is 10. The molecular formula is C54H35P. The Labute approximate surface area is 321 Å². The lowest BCUT2D eigenvalue weighted by atomic mass is 9.87. The van der Waals surface area contributed by atoms with Crippen LogP contribution in [0.25, 0.3) is 103 Å². The van der Waals surface area contributed by atoms with E-state index in [1.807, 2.05) is 0 Å². The summed E-state index contributed by atoms with van der Waals surface area (Å²) >= 11 is 0. The molecule has 256 valence electrons. The third-order valence-corrected chi connectivity index (χ3v) is 13.9. The molecule has 0 nitrogen and oxygen atoms in total. The van der Waals surface area contributed by atoms with Gasteiger partial charge in [0.2, 0.25) is 0 Å². The first-order chi connectivity index (χ1) is 27.3. The Balaban J connectivity index is 1.10. The molecule has 11 aromatic rings. The van der Waals surface area contributed by atoms with Gasteiger partial charge in [-0.25, -0.2) is 0 Å². The highest BCUT2D eigenvalue weighted by Crippen LogP contribution is 2.55. The summed E-state index contributed by atoms with van der Waals surface area (Å²) in [6, 6.07) is 78.8. The van der Waals surface area contributed by atoms with Gasteiger partial charge in [0.05, 0.1) is 0 Å². The van der Waals surface area contributed by atoms with Crippen LogP contribution in [-0.4, -0.2) is 0 Å². The first-order valence-electron chi connectivity index (χ1n) is 19.0. The molecule has 1 heteroatoms. The fourth-order valence-electron chi connectivity index (χ4n) is 8.71. The average Bonchev–Trinajstić information content (AvgIpc) is 3.60. The number of rotatable bonds is 5. The predicted octanol–water partition coefficient (Wildman–Crippen LogP) is 16.1. The highest BCUT2D eigenvalue weighted by molar-refractivity contribution is 7.67. The predicted molar refractivity (Wildman–Crippen MR) is 240 cm³/mol. The van der Waals surface area contributed by atoms with Gasteiger partial charge in [-0.2, -0.15) is 0 Å². The summed E-state index contributed by atoms with van der Waals surface area (Å²) in [5.41, 5.74) is 9.91. The van der Waals surface area contributed by atoms with Crippen LogP contribution in [0.4, 0.5) is 0 Å². The van der Waals surface area contributed by atoms with Gasteiger partial charge in [0.15, 0.2) is 0 Å². The van der Waals surface area contributed by atoms with E-state index >= 15 is 0 Å². The van der Waals surface area contributed by atoms with Gasteiger partial charge in [-0.15, -0.1) is 0 Å². The fraction of sp³-hybridized carbons (Fsp3) is 0. The molecular weight excluding hydrogens is 680 g/mol. The summed E-state index contributed by atoms with van der Waals surface area (Å²) in [4.78, 5) is 0. The molecule has 0 fully saturated rings. The molecule has 11 rings (SSSR count). The minimum absolute atomic E-state index is 0.576. The molecule has 0 spiro atoms. The van der Waals surface area contributed by atoms with E-state index in [1.54, 1.807) is 0 Å². The van der Waals surface area contributed by atoms with E-state index in [0.717, 1.165) is 0 Å². The third kappa shape index (κ3) is 5.38. The summed E-state index contributed by atoms with van der Waals surface area (Å²) < 4.78 is 0. The van der Waals surface area contributed by atoms with Crippen LogP contribution in [0.5, 0.6) is 0 Å². The number of fused-ring (bicyclic) bond motifs is 7. The Morgan fingerprint density at radius 1 is 0.236 bits per heavy atom. The molecule has 1 heterocycles. The quantitative estimate of drug-likeness (QED) is 0.156. The Kier molecular flexibility index (Phi) is 7.51. The van der Waals surface area contributed by atoms with E-state index in [4.69, 9.17) is 0 Å². The lowest BCUT2D eigenvalue weighted by Crippen LogP contribution is -1.90. The Bertz CT molecular complexity index is 3230. The average molecular weight is 715 g/mol. The van der Waals surface area contributed by atoms with Crippen molar-refractivity contribution in [2.75, 3.05) is 0 Å². The molecule has 1 unspecified atom stereocenters. The van der Waals surface area contributed by atoms with Crippen molar-refractivity contribution in [1.29, 1.82) is 0 Å². The zero-order chi connectivity index (χ0) is 36.3. The van der Waals surface area contributed by atoms with Crippen molar-refractivity contribution < 1.29 is 0 Å². The van der Waals surface area contributed by atoms with Crippen LogP contribution in [-0.2, 0) is 0 Å². The molecule has 0 radical (unpaired) electrons. The van der Waals surface area contributed by atoms with E-state index in [1.165, 1.54) is 103 Å².